The summed E-state index contributed by atoms with van der Waals surface area (Å²) in [6.45, 7) is 5.68. The van der Waals surface area contributed by atoms with E-state index in [1.807, 2.05) is 16.4 Å². The molecule has 0 bridgehead atoms. The molecule has 2 aromatic rings. The molecule has 4 rings (SSSR count). The second-order valence-electron chi connectivity index (χ2n) is 8.79. The Morgan fingerprint density at radius 3 is 2.55 bits per heavy atom. The number of benzene rings is 1. The number of fused-ring (bicyclic) bond motifs is 1. The lowest BCUT2D eigenvalue weighted by atomic mass is 10.1. The second kappa shape index (κ2) is 9.91. The standard InChI is InChI=1S/C24H30FN3O5/c1-2-3-12-33-22(29)6-7-26-8-10-27(11-9-26)21-14-20-17(13-19(21)25)23(30)18(24(31)32)15-28(20)16-4-5-16/h13-16H,2-12H2,1H3,(H,31,32). The van der Waals surface area contributed by atoms with Crippen LogP contribution in [0.3, 0.4) is 0 Å². The third-order valence-corrected chi connectivity index (χ3v) is 6.38. The van der Waals surface area contributed by atoms with Gasteiger partial charge in [0.2, 0.25) is 5.43 Å². The minimum absolute atomic E-state index is 0.100. The molecule has 2 aliphatic rings. The van der Waals surface area contributed by atoms with Crippen molar-refractivity contribution in [3.8, 4) is 0 Å². The minimum Gasteiger partial charge on any atom is -0.477 e. The number of carboxylic acids is 1. The molecule has 9 heteroatoms. The Bertz CT molecular complexity index is 1100. The Hall–Kier alpha value is -2.94. The number of rotatable bonds is 9. The molecular formula is C24H30FN3O5. The van der Waals surface area contributed by atoms with Crippen LogP contribution in [0.4, 0.5) is 10.1 Å². The van der Waals surface area contributed by atoms with Crippen molar-refractivity contribution in [2.75, 3.05) is 44.2 Å². The summed E-state index contributed by atoms with van der Waals surface area (Å²) < 4.78 is 22.1. The SMILES string of the molecule is CCCCOC(=O)CCN1CCN(c2cc3c(cc2F)c(=O)c(C(=O)O)cn3C2CC2)CC1. The Morgan fingerprint density at radius 1 is 1.18 bits per heavy atom. The summed E-state index contributed by atoms with van der Waals surface area (Å²) in [6.07, 6.45) is 5.40. The van der Waals surface area contributed by atoms with Crippen molar-refractivity contribution in [3.05, 3.63) is 39.9 Å². The molecule has 2 fully saturated rings. The van der Waals surface area contributed by atoms with Gasteiger partial charge in [-0.25, -0.2) is 9.18 Å². The quantitative estimate of drug-likeness (QED) is 0.455. The van der Waals surface area contributed by atoms with E-state index in [4.69, 9.17) is 4.74 Å². The summed E-state index contributed by atoms with van der Waals surface area (Å²) in [5, 5.41) is 9.49. The first-order chi connectivity index (χ1) is 15.9. The van der Waals surface area contributed by atoms with E-state index < -0.39 is 17.2 Å². The van der Waals surface area contributed by atoms with E-state index in [2.05, 4.69) is 4.90 Å². The lowest BCUT2D eigenvalue weighted by Gasteiger charge is -2.36. The van der Waals surface area contributed by atoms with Crippen molar-refractivity contribution in [3.63, 3.8) is 0 Å². The number of pyridine rings is 1. The third kappa shape index (κ3) is 5.19. The zero-order valence-corrected chi connectivity index (χ0v) is 18.9. The number of carboxylic acid groups (broad SMARTS) is 1. The van der Waals surface area contributed by atoms with Gasteiger partial charge in [0.15, 0.2) is 0 Å². The number of carbonyl (C=O) groups excluding carboxylic acids is 1. The average molecular weight is 460 g/mol. The summed E-state index contributed by atoms with van der Waals surface area (Å²) in [7, 11) is 0. The van der Waals surface area contributed by atoms with Crippen molar-refractivity contribution in [2.24, 2.45) is 0 Å². The van der Waals surface area contributed by atoms with Crippen LogP contribution in [0.25, 0.3) is 10.9 Å². The highest BCUT2D eigenvalue weighted by atomic mass is 19.1. The van der Waals surface area contributed by atoms with E-state index in [0.717, 1.165) is 25.7 Å². The van der Waals surface area contributed by atoms with Crippen molar-refractivity contribution in [1.29, 1.82) is 0 Å². The molecule has 1 aliphatic carbocycles. The predicted molar refractivity (Wildman–Crippen MR) is 123 cm³/mol. The fourth-order valence-corrected chi connectivity index (χ4v) is 4.27. The molecule has 1 aromatic carbocycles. The molecule has 1 N–H and O–H groups in total. The Morgan fingerprint density at radius 2 is 1.91 bits per heavy atom. The smallest absolute Gasteiger partial charge is 0.341 e. The monoisotopic (exact) mass is 459 g/mol. The van der Waals surface area contributed by atoms with E-state index in [1.54, 1.807) is 6.07 Å². The molecule has 0 spiro atoms. The van der Waals surface area contributed by atoms with Crippen LogP contribution >= 0.6 is 0 Å². The van der Waals surface area contributed by atoms with Gasteiger partial charge in [0.25, 0.3) is 0 Å². The van der Waals surface area contributed by atoms with Gasteiger partial charge in [0.05, 0.1) is 24.2 Å². The molecule has 0 atom stereocenters. The Labute approximate surface area is 191 Å². The molecule has 0 unspecified atom stereocenters. The maximum Gasteiger partial charge on any atom is 0.341 e. The number of halogens is 1. The van der Waals surface area contributed by atoms with Gasteiger partial charge in [0, 0.05) is 50.3 Å². The largest absolute Gasteiger partial charge is 0.477 e. The van der Waals surface area contributed by atoms with Crippen LogP contribution in [0, 0.1) is 5.82 Å². The maximum atomic E-state index is 15.1. The van der Waals surface area contributed by atoms with Gasteiger partial charge < -0.3 is 19.3 Å². The van der Waals surface area contributed by atoms with Crippen LogP contribution in [-0.2, 0) is 9.53 Å². The van der Waals surface area contributed by atoms with Crippen LogP contribution in [0.2, 0.25) is 0 Å². The third-order valence-electron chi connectivity index (χ3n) is 6.38. The fraction of sp³-hybridized carbons (Fsp3) is 0.542. The number of anilines is 1. The van der Waals surface area contributed by atoms with Gasteiger partial charge in [-0.2, -0.15) is 0 Å². The molecule has 0 radical (unpaired) electrons. The maximum absolute atomic E-state index is 15.1. The molecular weight excluding hydrogens is 429 g/mol. The molecule has 2 heterocycles. The summed E-state index contributed by atoms with van der Waals surface area (Å²) in [5.41, 5.74) is -0.00182. The van der Waals surface area contributed by atoms with E-state index in [0.29, 0.717) is 57.0 Å². The van der Waals surface area contributed by atoms with Crippen LogP contribution < -0.4 is 10.3 Å². The average Bonchev–Trinajstić information content (AvgIpc) is 3.64. The summed E-state index contributed by atoms with van der Waals surface area (Å²) in [5.74, 6) is -2.02. The first-order valence-corrected chi connectivity index (χ1v) is 11.6. The lowest BCUT2D eigenvalue weighted by Crippen LogP contribution is -2.47. The number of hydrogen-bond acceptors (Lipinski definition) is 6. The molecule has 0 amide bonds. The molecule has 1 aliphatic heterocycles. The van der Waals surface area contributed by atoms with Crippen LogP contribution in [-0.4, -0.2) is 65.8 Å². The number of esters is 1. The van der Waals surface area contributed by atoms with E-state index in [-0.39, 0.29) is 23.0 Å². The number of aromatic carboxylic acids is 1. The van der Waals surface area contributed by atoms with Gasteiger partial charge in [-0.3, -0.25) is 14.5 Å². The number of piperazine rings is 1. The summed E-state index contributed by atoms with van der Waals surface area (Å²) in [4.78, 5) is 40.1. The number of ether oxygens (including phenoxy) is 1. The molecule has 178 valence electrons. The molecule has 1 saturated carbocycles. The van der Waals surface area contributed by atoms with E-state index in [9.17, 15) is 19.5 Å². The highest BCUT2D eigenvalue weighted by Crippen LogP contribution is 2.38. The van der Waals surface area contributed by atoms with Crippen molar-refractivity contribution >= 4 is 28.5 Å². The van der Waals surface area contributed by atoms with Crippen molar-refractivity contribution < 1.29 is 23.8 Å². The van der Waals surface area contributed by atoms with Gasteiger partial charge in [-0.05, 0) is 31.4 Å². The highest BCUT2D eigenvalue weighted by molar-refractivity contribution is 5.93. The normalized spacial score (nSPS) is 16.8. The van der Waals surface area contributed by atoms with Crippen LogP contribution in [0.15, 0.2) is 23.1 Å². The lowest BCUT2D eigenvalue weighted by molar-refractivity contribution is -0.144. The summed E-state index contributed by atoms with van der Waals surface area (Å²) in [6, 6.07) is 2.99. The van der Waals surface area contributed by atoms with Gasteiger partial charge >= 0.3 is 11.9 Å². The minimum atomic E-state index is -1.30. The number of aromatic nitrogens is 1. The second-order valence-corrected chi connectivity index (χ2v) is 8.79. The summed E-state index contributed by atoms with van der Waals surface area (Å²) >= 11 is 0. The van der Waals surface area contributed by atoms with Crippen LogP contribution in [0.1, 0.15) is 55.4 Å². The molecule has 1 aromatic heterocycles. The van der Waals surface area contributed by atoms with E-state index >= 15 is 4.39 Å². The topological polar surface area (TPSA) is 92.1 Å². The molecule has 33 heavy (non-hydrogen) atoms. The van der Waals surface area contributed by atoms with Crippen molar-refractivity contribution in [2.45, 2.75) is 45.1 Å². The van der Waals surface area contributed by atoms with Gasteiger partial charge in [-0.15, -0.1) is 0 Å². The van der Waals surface area contributed by atoms with Gasteiger partial charge in [-0.1, -0.05) is 13.3 Å². The number of unbranched alkanes of at least 4 members (excludes halogenated alkanes) is 1. The fourth-order valence-electron chi connectivity index (χ4n) is 4.27. The number of nitrogens with zero attached hydrogens (tertiary/aromatic N) is 3. The van der Waals surface area contributed by atoms with Gasteiger partial charge in [0.1, 0.15) is 11.4 Å². The predicted octanol–water partition coefficient (Wildman–Crippen LogP) is 3.03. The number of hydrogen-bond donors (Lipinski definition) is 1. The Kier molecular flexibility index (Phi) is 6.97. The van der Waals surface area contributed by atoms with E-state index in [1.165, 1.54) is 12.3 Å². The zero-order valence-electron chi connectivity index (χ0n) is 18.9. The van der Waals surface area contributed by atoms with Crippen molar-refractivity contribution in [1.82, 2.24) is 9.47 Å². The first kappa shape index (κ1) is 23.2. The molecule has 8 nitrogen and oxygen atoms in total. The zero-order chi connectivity index (χ0) is 23.5. The first-order valence-electron chi connectivity index (χ1n) is 11.6. The van der Waals surface area contributed by atoms with Crippen LogP contribution in [0.5, 0.6) is 0 Å². The Balaban J connectivity index is 1.47. The number of carbonyl (C=O) groups is 2. The molecule has 1 saturated heterocycles. The highest BCUT2D eigenvalue weighted by Gasteiger charge is 2.28.